The zero-order valence-corrected chi connectivity index (χ0v) is 13.6. The van der Waals surface area contributed by atoms with Crippen LogP contribution in [0.2, 0.25) is 0 Å². The van der Waals surface area contributed by atoms with E-state index in [1.807, 2.05) is 22.6 Å². The highest BCUT2D eigenvalue weighted by atomic mass is 127. The summed E-state index contributed by atoms with van der Waals surface area (Å²) in [6, 6.07) is -1.51. The molecule has 11 heteroatoms. The van der Waals surface area contributed by atoms with Crippen LogP contribution in [0.5, 0.6) is 5.75 Å². The molecule has 0 aromatic heterocycles. The Hall–Kier alpha value is -1.71. The van der Waals surface area contributed by atoms with Crippen LogP contribution in [-0.2, 0) is 0 Å². The lowest BCUT2D eigenvalue weighted by Crippen LogP contribution is -2.58. The Kier molecular flexibility index (Phi) is 6.32. The van der Waals surface area contributed by atoms with Crippen LogP contribution in [0.3, 0.4) is 0 Å². The van der Waals surface area contributed by atoms with E-state index in [4.69, 9.17) is 11.2 Å². The molecule has 0 bridgehead atoms. The summed E-state index contributed by atoms with van der Waals surface area (Å²) in [5.41, 5.74) is 0.687. The Morgan fingerprint density at radius 3 is 2.33 bits per heavy atom. The fourth-order valence-electron chi connectivity index (χ4n) is 1.27. The molecule has 0 aliphatic rings. The second kappa shape index (κ2) is 7.45. The van der Waals surface area contributed by atoms with Crippen molar-refractivity contribution in [1.29, 1.82) is 0 Å². The first-order valence-electron chi connectivity index (χ1n) is 5.91. The van der Waals surface area contributed by atoms with Crippen molar-refractivity contribution in [2.75, 3.05) is 6.61 Å². The number of terminal acetylenes is 1. The SMILES string of the molecule is C#CCOc1ccc(/C=N/NC(F)(F)C(F)(F)C(F)(F)F)cc1I. The Morgan fingerprint density at radius 1 is 1.21 bits per heavy atom. The van der Waals surface area contributed by atoms with Crippen LogP contribution in [0.4, 0.5) is 30.7 Å². The monoisotopic (exact) mass is 468 g/mol. The number of halogens is 8. The predicted octanol–water partition coefficient (Wildman–Crippen LogP) is 4.02. The summed E-state index contributed by atoms with van der Waals surface area (Å²) >= 11 is 1.82. The summed E-state index contributed by atoms with van der Waals surface area (Å²) in [7, 11) is 0. The lowest BCUT2D eigenvalue weighted by Gasteiger charge is -2.27. The summed E-state index contributed by atoms with van der Waals surface area (Å²) < 4.78 is 92.6. The number of rotatable bonds is 6. The fraction of sp³-hybridized carbons (Fsp3) is 0.308. The normalized spacial score (nSPS) is 13.0. The van der Waals surface area contributed by atoms with E-state index in [0.717, 1.165) is 0 Å². The fourth-order valence-corrected chi connectivity index (χ4v) is 1.97. The van der Waals surface area contributed by atoms with Crippen molar-refractivity contribution in [1.82, 2.24) is 5.43 Å². The van der Waals surface area contributed by atoms with Gasteiger partial charge in [-0.3, -0.25) is 0 Å². The first-order valence-corrected chi connectivity index (χ1v) is 6.98. The molecule has 0 spiro atoms. The van der Waals surface area contributed by atoms with Gasteiger partial charge in [-0.05, 0) is 46.4 Å². The van der Waals surface area contributed by atoms with Gasteiger partial charge in [0.2, 0.25) is 0 Å². The zero-order valence-electron chi connectivity index (χ0n) is 11.5. The molecule has 1 aromatic rings. The highest BCUT2D eigenvalue weighted by Gasteiger charge is 2.73. The van der Waals surface area contributed by atoms with Crippen molar-refractivity contribution in [2.24, 2.45) is 5.10 Å². The zero-order chi connectivity index (χ0) is 18.6. The van der Waals surface area contributed by atoms with Gasteiger partial charge in [-0.25, -0.2) is 5.43 Å². The summed E-state index contributed by atoms with van der Waals surface area (Å²) in [6.45, 7) is -0.0102. The molecule has 0 atom stereocenters. The van der Waals surface area contributed by atoms with Crippen LogP contribution in [-0.4, -0.2) is 31.0 Å². The quantitative estimate of drug-likeness (QED) is 0.171. The molecule has 3 nitrogen and oxygen atoms in total. The molecule has 24 heavy (non-hydrogen) atoms. The number of alkyl halides is 7. The van der Waals surface area contributed by atoms with Crippen molar-refractivity contribution >= 4 is 28.8 Å². The van der Waals surface area contributed by atoms with E-state index in [1.165, 1.54) is 18.2 Å². The molecule has 1 N–H and O–H groups in total. The van der Waals surface area contributed by atoms with E-state index in [9.17, 15) is 30.7 Å². The van der Waals surface area contributed by atoms with Gasteiger partial charge in [0.1, 0.15) is 12.4 Å². The molecule has 1 aromatic carbocycles. The summed E-state index contributed by atoms with van der Waals surface area (Å²) in [5, 5.41) is 2.74. The summed E-state index contributed by atoms with van der Waals surface area (Å²) in [5.74, 6) is -3.67. The second-order valence-electron chi connectivity index (χ2n) is 4.20. The van der Waals surface area contributed by atoms with Crippen LogP contribution in [0.25, 0.3) is 0 Å². The predicted molar refractivity (Wildman–Crippen MR) is 80.2 cm³/mol. The van der Waals surface area contributed by atoms with Gasteiger partial charge in [0.15, 0.2) is 0 Å². The highest BCUT2D eigenvalue weighted by molar-refractivity contribution is 14.1. The topological polar surface area (TPSA) is 33.6 Å². The van der Waals surface area contributed by atoms with Crippen molar-refractivity contribution in [2.45, 2.75) is 18.1 Å². The van der Waals surface area contributed by atoms with Crippen molar-refractivity contribution in [3.05, 3.63) is 27.3 Å². The standard InChI is InChI=1S/C13H8F7IN2O/c1-2-5-24-10-4-3-8(6-9(10)21)7-22-23-13(19,20)11(14,15)12(16,17)18/h1,3-4,6-7,23H,5H2/b22-7+. The third kappa shape index (κ3) is 4.65. The van der Waals surface area contributed by atoms with Crippen LogP contribution in [0, 0.1) is 15.9 Å². The first-order chi connectivity index (χ1) is 10.9. The van der Waals surface area contributed by atoms with Crippen LogP contribution < -0.4 is 10.2 Å². The Morgan fingerprint density at radius 2 is 1.83 bits per heavy atom. The minimum atomic E-state index is -6.43. The van der Waals surface area contributed by atoms with Gasteiger partial charge in [0.25, 0.3) is 0 Å². The molecule has 0 aliphatic heterocycles. The number of ether oxygens (including phenoxy) is 1. The molecule has 0 fully saturated rings. The average Bonchev–Trinajstić information content (AvgIpc) is 2.45. The highest BCUT2D eigenvalue weighted by Crippen LogP contribution is 2.44. The summed E-state index contributed by atoms with van der Waals surface area (Å²) in [4.78, 5) is 0. The van der Waals surface area contributed by atoms with Gasteiger partial charge in [0, 0.05) is 0 Å². The largest absolute Gasteiger partial charge is 0.480 e. The van der Waals surface area contributed by atoms with E-state index < -0.39 is 18.1 Å². The molecule has 0 radical (unpaired) electrons. The van der Waals surface area contributed by atoms with Crippen LogP contribution in [0.1, 0.15) is 5.56 Å². The van der Waals surface area contributed by atoms with Gasteiger partial charge in [-0.1, -0.05) is 5.92 Å². The molecular weight excluding hydrogens is 460 g/mol. The average molecular weight is 468 g/mol. The molecule has 0 aliphatic carbocycles. The maximum Gasteiger partial charge on any atom is 0.462 e. The lowest BCUT2D eigenvalue weighted by molar-refractivity contribution is -0.361. The molecule has 0 amide bonds. The van der Waals surface area contributed by atoms with Crippen molar-refractivity contribution in [3.63, 3.8) is 0 Å². The molecule has 0 saturated carbocycles. The third-order valence-corrected chi connectivity index (χ3v) is 3.28. The number of benzene rings is 1. The number of nitrogens with zero attached hydrogens (tertiary/aromatic N) is 1. The van der Waals surface area contributed by atoms with Gasteiger partial charge in [-0.2, -0.15) is 35.8 Å². The lowest BCUT2D eigenvalue weighted by atomic mass is 10.2. The Balaban J connectivity index is 2.84. The maximum atomic E-state index is 12.9. The smallest absolute Gasteiger partial charge is 0.462 e. The van der Waals surface area contributed by atoms with E-state index in [2.05, 4.69) is 11.0 Å². The molecule has 0 heterocycles. The van der Waals surface area contributed by atoms with Crippen LogP contribution >= 0.6 is 22.6 Å². The molecular formula is C13H8F7IN2O. The second-order valence-corrected chi connectivity index (χ2v) is 5.36. The van der Waals surface area contributed by atoms with E-state index in [0.29, 0.717) is 21.0 Å². The first kappa shape index (κ1) is 20.3. The third-order valence-electron chi connectivity index (χ3n) is 2.44. The van der Waals surface area contributed by atoms with Gasteiger partial charge < -0.3 is 4.74 Å². The molecule has 0 unspecified atom stereocenters. The summed E-state index contributed by atoms with van der Waals surface area (Å²) in [6.07, 6.45) is -0.757. The van der Waals surface area contributed by atoms with Crippen molar-refractivity contribution in [3.8, 4) is 18.1 Å². The van der Waals surface area contributed by atoms with E-state index in [-0.39, 0.29) is 12.2 Å². The van der Waals surface area contributed by atoms with E-state index in [1.54, 1.807) is 0 Å². The minimum absolute atomic E-state index is 0.0102. The maximum absolute atomic E-state index is 12.9. The molecule has 132 valence electrons. The van der Waals surface area contributed by atoms with Gasteiger partial charge in [0.05, 0.1) is 9.78 Å². The number of hydrogen-bond acceptors (Lipinski definition) is 3. The van der Waals surface area contributed by atoms with Crippen LogP contribution in [0.15, 0.2) is 23.3 Å². The van der Waals surface area contributed by atoms with Gasteiger partial charge in [-0.15, -0.1) is 6.42 Å². The number of nitrogens with one attached hydrogen (secondary N) is 1. The van der Waals surface area contributed by atoms with Gasteiger partial charge >= 0.3 is 18.1 Å². The Labute approximate surface area is 145 Å². The minimum Gasteiger partial charge on any atom is -0.480 e. The Bertz CT molecular complexity index is 653. The molecule has 0 saturated heterocycles. The number of hydrogen-bond donors (Lipinski definition) is 1. The van der Waals surface area contributed by atoms with E-state index >= 15 is 0 Å². The molecule has 1 rings (SSSR count). The number of hydrazone groups is 1. The van der Waals surface area contributed by atoms with Crippen molar-refractivity contribution < 1.29 is 35.5 Å².